The summed E-state index contributed by atoms with van der Waals surface area (Å²) in [6.45, 7) is 4.21. The van der Waals surface area contributed by atoms with Crippen LogP contribution in [0.25, 0.3) is 11.0 Å². The van der Waals surface area contributed by atoms with E-state index < -0.39 is 0 Å². The summed E-state index contributed by atoms with van der Waals surface area (Å²) in [6.07, 6.45) is 6.56. The van der Waals surface area contributed by atoms with Crippen molar-refractivity contribution < 1.29 is 9.53 Å². The summed E-state index contributed by atoms with van der Waals surface area (Å²) in [5.74, 6) is 0.797. The Hall–Kier alpha value is -3.74. The third-order valence-electron chi connectivity index (χ3n) is 6.36. The predicted octanol–water partition coefficient (Wildman–Crippen LogP) is 2.42. The molecule has 0 aromatic carbocycles. The number of amides is 1. The first-order valence-electron chi connectivity index (χ1n) is 11.4. The molecule has 2 aliphatic rings. The number of H-pyrrole nitrogens is 1. The van der Waals surface area contributed by atoms with Gasteiger partial charge in [0, 0.05) is 43.3 Å². The van der Waals surface area contributed by atoms with Gasteiger partial charge in [0.15, 0.2) is 0 Å². The fraction of sp³-hybridized carbons (Fsp3) is 0.478. The fourth-order valence-corrected chi connectivity index (χ4v) is 4.37. The van der Waals surface area contributed by atoms with Crippen LogP contribution in [0, 0.1) is 23.2 Å². The van der Waals surface area contributed by atoms with Crippen molar-refractivity contribution in [2.75, 3.05) is 31.1 Å². The zero-order valence-electron chi connectivity index (χ0n) is 18.5. The number of nitrogens with one attached hydrogen (secondary N) is 2. The molecule has 2 fully saturated rings. The Morgan fingerprint density at radius 2 is 2.18 bits per heavy atom. The SMILES string of the molecule is CCNC(=O)c1nc(OC[C@H]2CC2C#N)nc(N2CCC(c3c[nH]c4ncccc34)CC2)n1. The molecule has 1 aliphatic heterocycles. The summed E-state index contributed by atoms with van der Waals surface area (Å²) < 4.78 is 5.76. The van der Waals surface area contributed by atoms with Crippen LogP contribution in [0.1, 0.15) is 48.3 Å². The van der Waals surface area contributed by atoms with Gasteiger partial charge in [0.1, 0.15) is 5.65 Å². The zero-order chi connectivity index (χ0) is 22.8. The Kier molecular flexibility index (Phi) is 5.77. The fourth-order valence-electron chi connectivity index (χ4n) is 4.37. The van der Waals surface area contributed by atoms with Gasteiger partial charge in [0.05, 0.1) is 18.6 Å². The molecule has 10 heteroatoms. The average molecular weight is 447 g/mol. The zero-order valence-corrected chi connectivity index (χ0v) is 18.5. The molecule has 1 saturated heterocycles. The molecule has 1 aliphatic carbocycles. The first-order chi connectivity index (χ1) is 16.2. The maximum absolute atomic E-state index is 12.4. The van der Waals surface area contributed by atoms with Crippen LogP contribution in [0.3, 0.4) is 0 Å². The maximum atomic E-state index is 12.4. The highest BCUT2D eigenvalue weighted by Gasteiger charge is 2.38. The van der Waals surface area contributed by atoms with Gasteiger partial charge < -0.3 is 19.9 Å². The second-order valence-corrected chi connectivity index (χ2v) is 8.55. The monoisotopic (exact) mass is 446 g/mol. The van der Waals surface area contributed by atoms with E-state index in [4.69, 9.17) is 10.00 Å². The molecular weight excluding hydrogens is 420 g/mol. The molecular formula is C23H26N8O2. The molecule has 1 saturated carbocycles. The van der Waals surface area contributed by atoms with Crippen LogP contribution in [0.4, 0.5) is 5.95 Å². The summed E-state index contributed by atoms with van der Waals surface area (Å²) in [4.78, 5) is 35.3. The minimum atomic E-state index is -0.353. The first-order valence-corrected chi connectivity index (χ1v) is 11.4. The Morgan fingerprint density at radius 3 is 2.94 bits per heavy atom. The summed E-state index contributed by atoms with van der Waals surface area (Å²) in [7, 11) is 0. The Balaban J connectivity index is 1.31. The van der Waals surface area contributed by atoms with Gasteiger partial charge in [-0.1, -0.05) is 0 Å². The van der Waals surface area contributed by atoms with Gasteiger partial charge in [-0.15, -0.1) is 0 Å². The third kappa shape index (κ3) is 4.44. The number of hydrogen-bond donors (Lipinski definition) is 2. The first kappa shape index (κ1) is 21.1. The number of aromatic amines is 1. The second kappa shape index (κ2) is 9.02. The third-order valence-corrected chi connectivity index (χ3v) is 6.36. The molecule has 3 aromatic heterocycles. The normalized spacial score (nSPS) is 20.4. The van der Waals surface area contributed by atoms with Crippen molar-refractivity contribution in [2.24, 2.45) is 11.8 Å². The quantitative estimate of drug-likeness (QED) is 0.565. The standard InChI is InChI=1S/C23H26N8O2/c1-2-25-21(32)20-28-22(30-23(29-20)33-13-16-10-15(16)11-24)31-8-5-14(6-9-31)18-12-27-19-17(18)4-3-7-26-19/h3-4,7,12,14-16H,2,5-6,8-10,13H2,1H3,(H,25,32)(H,26,27)/t15?,16-/m1/s1. The molecule has 10 nitrogen and oxygen atoms in total. The Morgan fingerprint density at radius 1 is 1.33 bits per heavy atom. The lowest BCUT2D eigenvalue weighted by Crippen LogP contribution is -2.35. The van der Waals surface area contributed by atoms with E-state index in [-0.39, 0.29) is 29.6 Å². The van der Waals surface area contributed by atoms with Gasteiger partial charge in [0.2, 0.25) is 11.8 Å². The van der Waals surface area contributed by atoms with Gasteiger partial charge in [-0.2, -0.15) is 20.2 Å². The summed E-state index contributed by atoms with van der Waals surface area (Å²) in [6, 6.07) is 6.45. The van der Waals surface area contributed by atoms with Crippen molar-refractivity contribution in [3.8, 4) is 12.1 Å². The maximum Gasteiger partial charge on any atom is 0.321 e. The van der Waals surface area contributed by atoms with E-state index in [1.54, 1.807) is 6.20 Å². The number of carbonyl (C=O) groups excluding carboxylic acids is 1. The van der Waals surface area contributed by atoms with Crippen LogP contribution >= 0.6 is 0 Å². The number of rotatable bonds is 7. The van der Waals surface area contributed by atoms with Gasteiger partial charge in [-0.3, -0.25) is 4.79 Å². The lowest BCUT2D eigenvalue weighted by molar-refractivity contribution is 0.0943. The van der Waals surface area contributed by atoms with E-state index in [1.807, 2.05) is 13.0 Å². The molecule has 4 heterocycles. The Bertz CT molecular complexity index is 1190. The van der Waals surface area contributed by atoms with Crippen LogP contribution in [-0.2, 0) is 0 Å². The van der Waals surface area contributed by atoms with Crippen LogP contribution in [0.5, 0.6) is 6.01 Å². The summed E-state index contributed by atoms with van der Waals surface area (Å²) in [5.41, 5.74) is 2.20. The van der Waals surface area contributed by atoms with E-state index in [9.17, 15) is 4.79 Å². The van der Waals surface area contributed by atoms with E-state index >= 15 is 0 Å². The molecule has 170 valence electrons. The predicted molar refractivity (Wildman–Crippen MR) is 121 cm³/mol. The summed E-state index contributed by atoms with van der Waals surface area (Å²) >= 11 is 0. The van der Waals surface area contributed by atoms with E-state index in [0.29, 0.717) is 25.0 Å². The number of aromatic nitrogens is 5. The molecule has 1 unspecified atom stereocenters. The lowest BCUT2D eigenvalue weighted by Gasteiger charge is -2.32. The number of pyridine rings is 1. The van der Waals surface area contributed by atoms with Crippen molar-refractivity contribution in [3.63, 3.8) is 0 Å². The molecule has 1 amide bonds. The van der Waals surface area contributed by atoms with Crippen LogP contribution in [0.15, 0.2) is 24.5 Å². The number of fused-ring (bicyclic) bond motifs is 1. The molecule has 2 N–H and O–H groups in total. The minimum Gasteiger partial charge on any atom is -0.463 e. The van der Waals surface area contributed by atoms with Crippen LogP contribution in [0.2, 0.25) is 0 Å². The van der Waals surface area contributed by atoms with E-state index in [1.165, 1.54) is 10.9 Å². The number of carbonyl (C=O) groups is 1. The minimum absolute atomic E-state index is 0.0351. The molecule has 33 heavy (non-hydrogen) atoms. The van der Waals surface area contributed by atoms with Gasteiger partial charge in [-0.25, -0.2) is 4.98 Å². The highest BCUT2D eigenvalue weighted by atomic mass is 16.5. The van der Waals surface area contributed by atoms with Crippen LogP contribution < -0.4 is 15.0 Å². The van der Waals surface area contributed by atoms with Gasteiger partial charge >= 0.3 is 6.01 Å². The molecule has 0 radical (unpaired) electrons. The number of anilines is 1. The van der Waals surface area contributed by atoms with E-state index in [2.05, 4.69) is 53.5 Å². The number of hydrogen-bond acceptors (Lipinski definition) is 8. The molecule has 0 bridgehead atoms. The number of nitriles is 1. The van der Waals surface area contributed by atoms with Crippen molar-refractivity contribution in [3.05, 3.63) is 35.9 Å². The topological polar surface area (TPSA) is 133 Å². The number of piperidine rings is 1. The van der Waals surface area contributed by atoms with Crippen molar-refractivity contribution in [1.29, 1.82) is 5.26 Å². The average Bonchev–Trinajstić information content (AvgIpc) is 3.50. The van der Waals surface area contributed by atoms with Crippen molar-refractivity contribution >= 4 is 22.9 Å². The van der Waals surface area contributed by atoms with Crippen molar-refractivity contribution in [1.82, 2.24) is 30.2 Å². The highest BCUT2D eigenvalue weighted by molar-refractivity contribution is 5.90. The molecule has 5 rings (SSSR count). The summed E-state index contributed by atoms with van der Waals surface area (Å²) in [5, 5.41) is 12.9. The van der Waals surface area contributed by atoms with Gasteiger partial charge in [0.25, 0.3) is 5.91 Å². The molecule has 3 aromatic rings. The number of nitrogens with zero attached hydrogens (tertiary/aromatic N) is 6. The second-order valence-electron chi connectivity index (χ2n) is 8.55. The number of ether oxygens (including phenoxy) is 1. The van der Waals surface area contributed by atoms with Crippen molar-refractivity contribution in [2.45, 2.75) is 32.1 Å². The van der Waals surface area contributed by atoms with E-state index in [0.717, 1.165) is 38.0 Å². The molecule has 2 atom stereocenters. The van der Waals surface area contributed by atoms with Crippen LogP contribution in [-0.4, -0.2) is 57.1 Å². The molecule has 0 spiro atoms. The highest BCUT2D eigenvalue weighted by Crippen LogP contribution is 2.38. The van der Waals surface area contributed by atoms with Gasteiger partial charge in [-0.05, 0) is 49.8 Å². The lowest BCUT2D eigenvalue weighted by atomic mass is 9.89. The largest absolute Gasteiger partial charge is 0.463 e. The smallest absolute Gasteiger partial charge is 0.321 e. The Labute approximate surface area is 191 Å².